The molecule has 2 aromatic carbocycles. The Balaban J connectivity index is 1.74. The predicted octanol–water partition coefficient (Wildman–Crippen LogP) is 5.37. The molecular formula is C23H23Cl3N5O+. The van der Waals surface area contributed by atoms with E-state index in [2.05, 4.69) is 16.6 Å². The molecule has 2 aliphatic heterocycles. The molecule has 0 aliphatic carbocycles. The molecule has 1 saturated heterocycles. The molecule has 166 valence electrons. The molecule has 2 aliphatic rings. The SMILES string of the molecule is C[N+]1(NC(=O)C2=NN(c3ccc(Cl)cc3Cl)[C@@H](c3ccc(Cl)cc3)[C@H]2C#N)CCCCC1. The zero-order valence-electron chi connectivity index (χ0n) is 17.6. The van der Waals surface area contributed by atoms with Gasteiger partial charge in [-0.1, -0.05) is 46.9 Å². The first-order valence-electron chi connectivity index (χ1n) is 10.5. The molecule has 0 spiro atoms. The van der Waals surface area contributed by atoms with E-state index < -0.39 is 12.0 Å². The molecule has 1 fully saturated rings. The summed E-state index contributed by atoms with van der Waals surface area (Å²) in [6, 6.07) is 14.0. The van der Waals surface area contributed by atoms with Gasteiger partial charge in [-0.25, -0.2) is 4.59 Å². The number of hydrogen-bond acceptors (Lipinski definition) is 4. The van der Waals surface area contributed by atoms with E-state index in [0.717, 1.165) is 37.9 Å². The Morgan fingerprint density at radius 2 is 1.75 bits per heavy atom. The fourth-order valence-electron chi connectivity index (χ4n) is 4.34. The highest BCUT2D eigenvalue weighted by atomic mass is 35.5. The zero-order chi connectivity index (χ0) is 22.9. The Labute approximate surface area is 202 Å². The summed E-state index contributed by atoms with van der Waals surface area (Å²) in [6.07, 6.45) is 3.25. The van der Waals surface area contributed by atoms with E-state index in [-0.39, 0.29) is 11.6 Å². The van der Waals surface area contributed by atoms with Crippen molar-refractivity contribution in [2.24, 2.45) is 11.0 Å². The highest BCUT2D eigenvalue weighted by Crippen LogP contribution is 2.42. The largest absolute Gasteiger partial charge is 0.313 e. The van der Waals surface area contributed by atoms with Crippen molar-refractivity contribution in [1.29, 1.82) is 5.26 Å². The number of piperidine rings is 1. The van der Waals surface area contributed by atoms with Crippen molar-refractivity contribution in [3.8, 4) is 6.07 Å². The van der Waals surface area contributed by atoms with Crippen molar-refractivity contribution < 1.29 is 9.39 Å². The van der Waals surface area contributed by atoms with Gasteiger partial charge in [0.25, 0.3) is 0 Å². The summed E-state index contributed by atoms with van der Waals surface area (Å²) in [5.74, 6) is -1.13. The quantitative estimate of drug-likeness (QED) is 0.585. The highest BCUT2D eigenvalue weighted by molar-refractivity contribution is 6.41. The average Bonchev–Trinajstić information content (AvgIpc) is 3.14. The van der Waals surface area contributed by atoms with Gasteiger partial charge in [-0.15, -0.1) is 0 Å². The molecule has 2 aromatic rings. The number of carbonyl (C=O) groups excluding carboxylic acids is 1. The van der Waals surface area contributed by atoms with Gasteiger partial charge in [0.05, 0.1) is 29.9 Å². The molecule has 0 bridgehead atoms. The zero-order valence-corrected chi connectivity index (χ0v) is 19.8. The van der Waals surface area contributed by atoms with Gasteiger partial charge in [-0.05, 0) is 55.2 Å². The number of amides is 1. The second-order valence-corrected chi connectivity index (χ2v) is 9.65. The van der Waals surface area contributed by atoms with E-state index in [4.69, 9.17) is 34.8 Å². The summed E-state index contributed by atoms with van der Waals surface area (Å²) < 4.78 is 0.434. The lowest BCUT2D eigenvalue weighted by Crippen LogP contribution is -2.61. The molecule has 9 heteroatoms. The molecule has 4 rings (SSSR count). The van der Waals surface area contributed by atoms with Gasteiger partial charge in [-0.2, -0.15) is 15.8 Å². The van der Waals surface area contributed by atoms with Gasteiger partial charge < -0.3 is 0 Å². The number of hydrogen-bond donors (Lipinski definition) is 1. The minimum absolute atomic E-state index is 0.170. The van der Waals surface area contributed by atoms with Gasteiger partial charge in [0.2, 0.25) is 0 Å². The van der Waals surface area contributed by atoms with E-state index in [0.29, 0.717) is 25.3 Å². The highest BCUT2D eigenvalue weighted by Gasteiger charge is 2.44. The fourth-order valence-corrected chi connectivity index (χ4v) is 4.96. The Hall–Kier alpha value is -2.30. The third kappa shape index (κ3) is 4.57. The number of anilines is 1. The molecule has 6 nitrogen and oxygen atoms in total. The van der Waals surface area contributed by atoms with Crippen LogP contribution < -0.4 is 10.4 Å². The summed E-state index contributed by atoms with van der Waals surface area (Å²) in [4.78, 5) is 13.3. The summed E-state index contributed by atoms with van der Waals surface area (Å²) >= 11 is 18.6. The number of likely N-dealkylation sites (tertiary alicyclic amines) is 1. The van der Waals surface area contributed by atoms with Crippen LogP contribution in [0, 0.1) is 17.2 Å². The monoisotopic (exact) mass is 490 g/mol. The molecule has 0 aromatic heterocycles. The maximum absolute atomic E-state index is 13.3. The third-order valence-corrected chi connectivity index (χ3v) is 6.79. The molecule has 32 heavy (non-hydrogen) atoms. The number of nitrogens with zero attached hydrogens (tertiary/aromatic N) is 4. The lowest BCUT2D eigenvalue weighted by Gasteiger charge is -2.36. The number of benzene rings is 2. The molecule has 2 atom stereocenters. The molecular weight excluding hydrogens is 469 g/mol. The van der Waals surface area contributed by atoms with Crippen molar-refractivity contribution >= 4 is 52.1 Å². The van der Waals surface area contributed by atoms with Gasteiger partial charge in [0.15, 0.2) is 0 Å². The topological polar surface area (TPSA) is 68.5 Å². The number of quaternary nitrogens is 1. The summed E-state index contributed by atoms with van der Waals surface area (Å²) in [5.41, 5.74) is 4.63. The van der Waals surface area contributed by atoms with Gasteiger partial charge in [-0.3, -0.25) is 9.80 Å². The fraction of sp³-hybridized carbons (Fsp3) is 0.348. The van der Waals surface area contributed by atoms with Gasteiger partial charge >= 0.3 is 5.91 Å². The van der Waals surface area contributed by atoms with Crippen molar-refractivity contribution in [3.05, 3.63) is 63.1 Å². The Kier molecular flexibility index (Phi) is 6.64. The first-order valence-corrected chi connectivity index (χ1v) is 11.6. The minimum atomic E-state index is -0.792. The number of nitrogens with one attached hydrogen (secondary N) is 1. The third-order valence-electron chi connectivity index (χ3n) is 6.00. The Morgan fingerprint density at radius 1 is 1.09 bits per heavy atom. The number of carbonyl (C=O) groups is 1. The van der Waals surface area contributed by atoms with E-state index in [1.54, 1.807) is 35.3 Å². The van der Waals surface area contributed by atoms with Crippen LogP contribution in [0.2, 0.25) is 15.1 Å². The molecule has 1 N–H and O–H groups in total. The van der Waals surface area contributed by atoms with Crippen LogP contribution in [0.15, 0.2) is 47.6 Å². The van der Waals surface area contributed by atoms with Crippen LogP contribution in [0.3, 0.4) is 0 Å². The van der Waals surface area contributed by atoms with E-state index >= 15 is 0 Å². The summed E-state index contributed by atoms with van der Waals surface area (Å²) in [6.45, 7) is 1.70. The van der Waals surface area contributed by atoms with Crippen LogP contribution in [0.25, 0.3) is 0 Å². The number of halogens is 3. The van der Waals surface area contributed by atoms with E-state index in [9.17, 15) is 10.1 Å². The second-order valence-electron chi connectivity index (χ2n) is 8.37. The van der Waals surface area contributed by atoms with Gasteiger partial charge in [0, 0.05) is 10.0 Å². The average molecular weight is 492 g/mol. The molecule has 0 radical (unpaired) electrons. The summed E-state index contributed by atoms with van der Waals surface area (Å²) in [7, 11) is 2.00. The summed E-state index contributed by atoms with van der Waals surface area (Å²) in [5, 5.41) is 17.8. The molecule has 2 heterocycles. The second kappa shape index (κ2) is 9.29. The van der Waals surface area contributed by atoms with Crippen molar-refractivity contribution in [3.63, 3.8) is 0 Å². The molecule has 0 unspecified atom stereocenters. The van der Waals surface area contributed by atoms with Crippen LogP contribution in [0.1, 0.15) is 30.9 Å². The van der Waals surface area contributed by atoms with Crippen LogP contribution in [-0.2, 0) is 4.79 Å². The normalized spacial score (nSPS) is 22.2. The number of hydrazone groups is 1. The maximum Gasteiger partial charge on any atom is 0.313 e. The first-order chi connectivity index (χ1) is 15.3. The van der Waals surface area contributed by atoms with Crippen LogP contribution in [0.5, 0.6) is 0 Å². The van der Waals surface area contributed by atoms with Crippen LogP contribution >= 0.6 is 34.8 Å². The van der Waals surface area contributed by atoms with Crippen molar-refractivity contribution in [2.75, 3.05) is 25.1 Å². The van der Waals surface area contributed by atoms with Gasteiger partial charge in [0.1, 0.15) is 24.7 Å². The Bertz CT molecular complexity index is 1090. The molecule has 1 amide bonds. The smallest absolute Gasteiger partial charge is 0.263 e. The maximum atomic E-state index is 13.3. The number of rotatable bonds is 4. The lowest BCUT2D eigenvalue weighted by atomic mass is 9.90. The minimum Gasteiger partial charge on any atom is -0.263 e. The van der Waals surface area contributed by atoms with Crippen molar-refractivity contribution in [1.82, 2.24) is 5.43 Å². The van der Waals surface area contributed by atoms with Crippen LogP contribution in [-0.4, -0.2) is 36.3 Å². The van der Waals surface area contributed by atoms with E-state index in [1.807, 2.05) is 19.2 Å². The first kappa shape index (κ1) is 22.9. The van der Waals surface area contributed by atoms with E-state index in [1.165, 1.54) is 0 Å². The number of nitriles is 1. The van der Waals surface area contributed by atoms with Crippen molar-refractivity contribution in [2.45, 2.75) is 25.3 Å². The standard InChI is InChI=1S/C23H22Cl3N5O/c1-31(11-3-2-4-12-31)29-23(32)21-18(14-27)22(15-5-7-16(24)8-6-15)30(28-21)20-10-9-17(25)13-19(20)26/h5-10,13,18,22H,2-4,11-12H2,1H3/p+1/t18-,22-/m0/s1. The molecule has 0 saturated carbocycles. The Morgan fingerprint density at radius 3 is 2.38 bits per heavy atom. The predicted molar refractivity (Wildman–Crippen MR) is 128 cm³/mol. The lowest BCUT2D eigenvalue weighted by molar-refractivity contribution is -0.947. The van der Waals surface area contributed by atoms with Crippen LogP contribution in [0.4, 0.5) is 5.69 Å².